The third kappa shape index (κ3) is 3.40. The van der Waals surface area contributed by atoms with E-state index in [0.29, 0.717) is 12.5 Å². The van der Waals surface area contributed by atoms with Crippen molar-refractivity contribution in [2.45, 2.75) is 12.8 Å². The molecular formula is C13H19NO. The van der Waals surface area contributed by atoms with Crippen LogP contribution in [-0.2, 0) is 6.42 Å². The minimum absolute atomic E-state index is 0.457. The Balaban J connectivity index is 2.73. The van der Waals surface area contributed by atoms with Crippen LogP contribution in [0.2, 0.25) is 0 Å². The Morgan fingerprint density at radius 1 is 1.47 bits per heavy atom. The number of hydrogen-bond acceptors (Lipinski definition) is 2. The summed E-state index contributed by atoms with van der Waals surface area (Å²) in [5.74, 6) is 1.40. The summed E-state index contributed by atoms with van der Waals surface area (Å²) in [4.78, 5) is 0. The molecule has 0 saturated carbocycles. The SMILES string of the molecule is C=CC[C@@H](CN)Cc1ccccc1OC. The van der Waals surface area contributed by atoms with E-state index in [-0.39, 0.29) is 0 Å². The van der Waals surface area contributed by atoms with Gasteiger partial charge in [-0.1, -0.05) is 24.3 Å². The lowest BCUT2D eigenvalue weighted by atomic mass is 9.96. The van der Waals surface area contributed by atoms with Gasteiger partial charge in [-0.2, -0.15) is 0 Å². The minimum Gasteiger partial charge on any atom is -0.496 e. The van der Waals surface area contributed by atoms with E-state index in [1.165, 1.54) is 5.56 Å². The Hall–Kier alpha value is -1.28. The molecule has 0 saturated heterocycles. The molecule has 2 heteroatoms. The number of hydrogen-bond donors (Lipinski definition) is 1. The van der Waals surface area contributed by atoms with Crippen molar-refractivity contribution in [3.63, 3.8) is 0 Å². The summed E-state index contributed by atoms with van der Waals surface area (Å²) in [5.41, 5.74) is 6.93. The maximum Gasteiger partial charge on any atom is 0.122 e. The predicted octanol–water partition coefficient (Wildman–Crippen LogP) is 2.39. The first-order valence-electron chi connectivity index (χ1n) is 5.24. The topological polar surface area (TPSA) is 35.2 Å². The van der Waals surface area contributed by atoms with Crippen molar-refractivity contribution in [1.82, 2.24) is 0 Å². The van der Waals surface area contributed by atoms with Crippen LogP contribution < -0.4 is 10.5 Å². The molecule has 0 radical (unpaired) electrons. The van der Waals surface area contributed by atoms with Crippen LogP contribution in [0.1, 0.15) is 12.0 Å². The highest BCUT2D eigenvalue weighted by molar-refractivity contribution is 5.33. The minimum atomic E-state index is 0.457. The molecule has 0 aliphatic carbocycles. The van der Waals surface area contributed by atoms with Crippen molar-refractivity contribution < 1.29 is 4.74 Å². The van der Waals surface area contributed by atoms with E-state index in [9.17, 15) is 0 Å². The summed E-state index contributed by atoms with van der Waals surface area (Å²) in [5, 5.41) is 0. The normalized spacial score (nSPS) is 12.1. The molecule has 0 amide bonds. The molecule has 1 aromatic rings. The van der Waals surface area contributed by atoms with E-state index < -0.39 is 0 Å². The second-order valence-corrected chi connectivity index (χ2v) is 3.64. The van der Waals surface area contributed by atoms with Crippen molar-refractivity contribution in [3.05, 3.63) is 42.5 Å². The van der Waals surface area contributed by atoms with Crippen LogP contribution in [0.15, 0.2) is 36.9 Å². The average Bonchev–Trinajstić information content (AvgIpc) is 2.29. The molecule has 2 nitrogen and oxygen atoms in total. The van der Waals surface area contributed by atoms with Crippen molar-refractivity contribution in [1.29, 1.82) is 0 Å². The maximum atomic E-state index is 5.71. The van der Waals surface area contributed by atoms with Crippen LogP contribution in [0.4, 0.5) is 0 Å². The number of benzene rings is 1. The molecule has 82 valence electrons. The third-order valence-corrected chi connectivity index (χ3v) is 2.53. The fourth-order valence-corrected chi connectivity index (χ4v) is 1.68. The van der Waals surface area contributed by atoms with E-state index in [1.807, 2.05) is 24.3 Å². The third-order valence-electron chi connectivity index (χ3n) is 2.53. The van der Waals surface area contributed by atoms with E-state index >= 15 is 0 Å². The second-order valence-electron chi connectivity index (χ2n) is 3.64. The standard InChI is InChI=1S/C13H19NO/c1-3-6-11(10-14)9-12-7-4-5-8-13(12)15-2/h3-5,7-8,11H,1,6,9-10,14H2,2H3/t11-/m1/s1. The van der Waals surface area contributed by atoms with Crippen molar-refractivity contribution >= 4 is 0 Å². The summed E-state index contributed by atoms with van der Waals surface area (Å²) in [7, 11) is 1.70. The summed E-state index contributed by atoms with van der Waals surface area (Å²) >= 11 is 0. The van der Waals surface area contributed by atoms with Gasteiger partial charge < -0.3 is 10.5 Å². The number of para-hydroxylation sites is 1. The quantitative estimate of drug-likeness (QED) is 0.724. The number of rotatable bonds is 6. The van der Waals surface area contributed by atoms with Gasteiger partial charge in [0.1, 0.15) is 5.75 Å². The van der Waals surface area contributed by atoms with E-state index in [2.05, 4.69) is 12.6 Å². The first-order valence-corrected chi connectivity index (χ1v) is 5.24. The van der Waals surface area contributed by atoms with Crippen LogP contribution in [-0.4, -0.2) is 13.7 Å². The summed E-state index contributed by atoms with van der Waals surface area (Å²) in [6.07, 6.45) is 3.83. The van der Waals surface area contributed by atoms with E-state index in [4.69, 9.17) is 10.5 Å². The van der Waals surface area contributed by atoms with Crippen LogP contribution in [0.25, 0.3) is 0 Å². The second kappa shape index (κ2) is 6.25. The molecule has 0 spiro atoms. The number of nitrogens with two attached hydrogens (primary N) is 1. The number of ether oxygens (including phenoxy) is 1. The van der Waals surface area contributed by atoms with Gasteiger partial charge in [0.05, 0.1) is 7.11 Å². The van der Waals surface area contributed by atoms with Gasteiger partial charge in [-0.25, -0.2) is 0 Å². The largest absolute Gasteiger partial charge is 0.496 e. The lowest BCUT2D eigenvalue weighted by molar-refractivity contribution is 0.404. The zero-order valence-electron chi connectivity index (χ0n) is 9.28. The van der Waals surface area contributed by atoms with Gasteiger partial charge in [0.15, 0.2) is 0 Å². The predicted molar refractivity (Wildman–Crippen MR) is 64.1 cm³/mol. The first-order chi connectivity index (χ1) is 7.31. The molecule has 1 atom stereocenters. The lowest BCUT2D eigenvalue weighted by Gasteiger charge is -2.14. The smallest absolute Gasteiger partial charge is 0.122 e. The zero-order valence-corrected chi connectivity index (χ0v) is 9.28. The maximum absolute atomic E-state index is 5.71. The molecular weight excluding hydrogens is 186 g/mol. The molecule has 15 heavy (non-hydrogen) atoms. The lowest BCUT2D eigenvalue weighted by Crippen LogP contribution is -2.16. The highest BCUT2D eigenvalue weighted by Gasteiger charge is 2.09. The summed E-state index contributed by atoms with van der Waals surface area (Å²) in [6, 6.07) is 8.08. The van der Waals surface area contributed by atoms with Gasteiger partial charge in [-0.3, -0.25) is 0 Å². The van der Waals surface area contributed by atoms with Crippen LogP contribution in [0, 0.1) is 5.92 Å². The van der Waals surface area contributed by atoms with Crippen molar-refractivity contribution in [2.24, 2.45) is 11.7 Å². The highest BCUT2D eigenvalue weighted by atomic mass is 16.5. The Morgan fingerprint density at radius 2 is 2.20 bits per heavy atom. The Kier molecular flexibility index (Phi) is 4.91. The molecule has 1 rings (SSSR count). The first kappa shape index (κ1) is 11.8. The molecule has 0 bridgehead atoms. The van der Waals surface area contributed by atoms with Gasteiger partial charge in [0.2, 0.25) is 0 Å². The molecule has 2 N–H and O–H groups in total. The Bertz CT molecular complexity index is 309. The molecule has 0 aliphatic heterocycles. The average molecular weight is 205 g/mol. The molecule has 0 fully saturated rings. The molecule has 0 aromatic heterocycles. The highest BCUT2D eigenvalue weighted by Crippen LogP contribution is 2.21. The van der Waals surface area contributed by atoms with Crippen LogP contribution in [0.3, 0.4) is 0 Å². The number of methoxy groups -OCH3 is 1. The Morgan fingerprint density at radius 3 is 2.80 bits per heavy atom. The molecule has 1 aromatic carbocycles. The molecule has 0 heterocycles. The monoisotopic (exact) mass is 205 g/mol. The fraction of sp³-hybridized carbons (Fsp3) is 0.385. The number of allylic oxidation sites excluding steroid dienone is 1. The fourth-order valence-electron chi connectivity index (χ4n) is 1.68. The Labute approximate surface area is 91.7 Å². The van der Waals surface area contributed by atoms with Crippen molar-refractivity contribution in [2.75, 3.05) is 13.7 Å². The molecule has 0 unspecified atom stereocenters. The molecule has 0 aliphatic rings. The van der Waals surface area contributed by atoms with Gasteiger partial charge in [0, 0.05) is 0 Å². The van der Waals surface area contributed by atoms with E-state index in [0.717, 1.165) is 18.6 Å². The zero-order chi connectivity index (χ0) is 11.1. The summed E-state index contributed by atoms with van der Waals surface area (Å²) < 4.78 is 5.30. The van der Waals surface area contributed by atoms with Gasteiger partial charge in [0.25, 0.3) is 0 Å². The van der Waals surface area contributed by atoms with Crippen LogP contribution in [0.5, 0.6) is 5.75 Å². The van der Waals surface area contributed by atoms with E-state index in [1.54, 1.807) is 7.11 Å². The van der Waals surface area contributed by atoms with Gasteiger partial charge in [-0.15, -0.1) is 6.58 Å². The van der Waals surface area contributed by atoms with Gasteiger partial charge in [-0.05, 0) is 36.9 Å². The summed E-state index contributed by atoms with van der Waals surface area (Å²) in [6.45, 7) is 4.43. The van der Waals surface area contributed by atoms with Crippen LogP contribution >= 0.6 is 0 Å². The van der Waals surface area contributed by atoms with Gasteiger partial charge >= 0.3 is 0 Å². The van der Waals surface area contributed by atoms with Crippen molar-refractivity contribution in [3.8, 4) is 5.75 Å².